The molecule has 0 aliphatic heterocycles. The van der Waals surface area contributed by atoms with E-state index < -0.39 is 35.4 Å². The van der Waals surface area contributed by atoms with E-state index in [1.54, 1.807) is 19.1 Å². The van der Waals surface area contributed by atoms with Crippen molar-refractivity contribution in [3.63, 3.8) is 0 Å². The summed E-state index contributed by atoms with van der Waals surface area (Å²) in [4.78, 5) is 33.3. The van der Waals surface area contributed by atoms with Crippen molar-refractivity contribution in [2.45, 2.75) is 19.1 Å². The van der Waals surface area contributed by atoms with Gasteiger partial charge < -0.3 is 10.6 Å². The summed E-state index contributed by atoms with van der Waals surface area (Å²) < 4.78 is 53.6. The van der Waals surface area contributed by atoms with Crippen LogP contribution in [0.1, 0.15) is 45.1 Å². The Morgan fingerprint density at radius 3 is 2.35 bits per heavy atom. The monoisotopic (exact) mass is 532 g/mol. The number of hydrogen-bond acceptors (Lipinski definition) is 5. The fourth-order valence-corrected chi connectivity index (χ4v) is 3.58. The van der Waals surface area contributed by atoms with Gasteiger partial charge in [-0.15, -0.1) is 0 Å². The molecule has 13 heteroatoms. The molecule has 4 aromatic rings. The molecule has 4 rings (SSSR count). The smallest absolute Gasteiger partial charge is 0.342 e. The van der Waals surface area contributed by atoms with E-state index in [0.29, 0.717) is 17.6 Å². The first-order chi connectivity index (χ1) is 17.5. The Morgan fingerprint density at radius 1 is 0.973 bits per heavy atom. The number of rotatable bonds is 6. The van der Waals surface area contributed by atoms with Crippen molar-refractivity contribution in [3.8, 4) is 5.82 Å². The van der Waals surface area contributed by atoms with Crippen LogP contribution in [0.25, 0.3) is 5.82 Å². The van der Waals surface area contributed by atoms with E-state index in [9.17, 15) is 27.2 Å². The van der Waals surface area contributed by atoms with E-state index in [2.05, 4.69) is 25.7 Å². The lowest BCUT2D eigenvalue weighted by Crippen LogP contribution is -2.29. The molecular formula is C24H17ClF4N6O2. The number of alkyl halides is 3. The van der Waals surface area contributed by atoms with Crippen LogP contribution >= 0.6 is 11.6 Å². The van der Waals surface area contributed by atoms with Crippen molar-refractivity contribution in [1.82, 2.24) is 25.1 Å². The van der Waals surface area contributed by atoms with Gasteiger partial charge in [-0.05, 0) is 61.5 Å². The number of carbonyl (C=O) groups excluding carboxylic acids is 2. The number of benzene rings is 2. The molecule has 2 amide bonds. The van der Waals surface area contributed by atoms with Crippen molar-refractivity contribution in [1.29, 1.82) is 0 Å². The normalized spacial score (nSPS) is 12.2. The average Bonchev–Trinajstić information content (AvgIpc) is 3.34. The molecule has 8 nitrogen and oxygen atoms in total. The van der Waals surface area contributed by atoms with Crippen molar-refractivity contribution in [3.05, 3.63) is 100 Å². The first kappa shape index (κ1) is 25.8. The van der Waals surface area contributed by atoms with Gasteiger partial charge in [-0.3, -0.25) is 9.59 Å². The Kier molecular flexibility index (Phi) is 7.21. The number of hydrogen-bond donors (Lipinski definition) is 2. The molecule has 0 saturated carbocycles. The van der Waals surface area contributed by atoms with E-state index in [1.165, 1.54) is 41.5 Å². The highest BCUT2D eigenvalue weighted by Gasteiger charge is 2.32. The number of nitrogens with one attached hydrogen (secondary N) is 2. The second-order valence-electron chi connectivity index (χ2n) is 7.82. The van der Waals surface area contributed by atoms with Crippen molar-refractivity contribution >= 4 is 29.1 Å². The zero-order chi connectivity index (χ0) is 26.7. The van der Waals surface area contributed by atoms with Crippen LogP contribution in [0.15, 0.2) is 67.1 Å². The third-order valence-corrected chi connectivity index (χ3v) is 5.34. The highest BCUT2D eigenvalue weighted by Crippen LogP contribution is 2.32. The number of anilines is 1. The van der Waals surface area contributed by atoms with Gasteiger partial charge in [0.2, 0.25) is 0 Å². The summed E-state index contributed by atoms with van der Waals surface area (Å²) in [5, 5.41) is 9.07. The van der Waals surface area contributed by atoms with Crippen molar-refractivity contribution in [2.75, 3.05) is 5.32 Å². The standard InChI is InChI=1S/C24H17ClF4N6O2/c1-13(33-23(37)15-8-16(24(27,28)29)10-17(25)9-15)21-31-12-32-35(21)20-7-6-19(11-30-20)34-22(36)14-2-4-18(26)5-3-14/h2-13H,1H3,(H,33,37)(H,34,36)/t13-/m0/s1. The van der Waals surface area contributed by atoms with Gasteiger partial charge in [-0.2, -0.15) is 23.0 Å². The molecule has 2 aromatic carbocycles. The fourth-order valence-electron chi connectivity index (χ4n) is 3.34. The summed E-state index contributed by atoms with van der Waals surface area (Å²) in [6.45, 7) is 1.57. The third-order valence-electron chi connectivity index (χ3n) is 5.13. The van der Waals surface area contributed by atoms with Gasteiger partial charge in [0.1, 0.15) is 12.1 Å². The second kappa shape index (κ2) is 10.3. The maximum Gasteiger partial charge on any atom is 0.416 e. The summed E-state index contributed by atoms with van der Waals surface area (Å²) >= 11 is 5.77. The van der Waals surface area contributed by atoms with Gasteiger partial charge in [0.25, 0.3) is 11.8 Å². The number of nitrogens with zero attached hydrogens (tertiary/aromatic N) is 4. The highest BCUT2D eigenvalue weighted by atomic mass is 35.5. The zero-order valence-corrected chi connectivity index (χ0v) is 19.7. The molecule has 2 N–H and O–H groups in total. The van der Waals surface area contributed by atoms with Gasteiger partial charge >= 0.3 is 6.18 Å². The third kappa shape index (κ3) is 6.09. The van der Waals surface area contributed by atoms with Crippen LogP contribution in [0, 0.1) is 5.82 Å². The van der Waals surface area contributed by atoms with Crippen molar-refractivity contribution in [2.24, 2.45) is 0 Å². The molecule has 0 unspecified atom stereocenters. The molecule has 2 heterocycles. The zero-order valence-electron chi connectivity index (χ0n) is 18.9. The first-order valence-corrected chi connectivity index (χ1v) is 11.0. The number of halogens is 5. The quantitative estimate of drug-likeness (QED) is 0.332. The van der Waals surface area contributed by atoms with Crippen LogP contribution in [0.5, 0.6) is 0 Å². The molecule has 1 atom stereocenters. The molecule has 0 saturated heterocycles. The number of amides is 2. The van der Waals surface area contributed by atoms with Crippen LogP contribution < -0.4 is 10.6 Å². The minimum Gasteiger partial charge on any atom is -0.342 e. The molecule has 190 valence electrons. The van der Waals surface area contributed by atoms with Crippen LogP contribution in [0.2, 0.25) is 5.02 Å². The minimum atomic E-state index is -4.66. The SMILES string of the molecule is C[C@H](NC(=O)c1cc(Cl)cc(C(F)(F)F)c1)c1ncnn1-c1ccc(NC(=O)c2ccc(F)cc2)cn1. The largest absolute Gasteiger partial charge is 0.416 e. The maximum atomic E-state index is 13.1. The number of carbonyl (C=O) groups is 2. The maximum absolute atomic E-state index is 13.1. The molecule has 0 aliphatic carbocycles. The van der Waals surface area contributed by atoms with Gasteiger partial charge in [0.05, 0.1) is 23.5 Å². The molecule has 0 aliphatic rings. The van der Waals surface area contributed by atoms with Gasteiger partial charge in [-0.1, -0.05) is 11.6 Å². The predicted octanol–water partition coefficient (Wildman–Crippen LogP) is 5.22. The van der Waals surface area contributed by atoms with Crippen LogP contribution in [0.4, 0.5) is 23.2 Å². The minimum absolute atomic E-state index is 0.230. The molecule has 0 fully saturated rings. The van der Waals surface area contributed by atoms with Crippen LogP contribution in [0.3, 0.4) is 0 Å². The Labute approximate surface area is 212 Å². The Hall–Kier alpha value is -4.32. The molecule has 37 heavy (non-hydrogen) atoms. The summed E-state index contributed by atoms with van der Waals surface area (Å²) in [6.07, 6.45) is -2.07. The molecule has 0 bridgehead atoms. The van der Waals surface area contributed by atoms with E-state index >= 15 is 0 Å². The second-order valence-corrected chi connectivity index (χ2v) is 8.25. The lowest BCUT2D eigenvalue weighted by atomic mass is 10.1. The van der Waals surface area contributed by atoms with E-state index in [-0.39, 0.29) is 22.0 Å². The van der Waals surface area contributed by atoms with Crippen molar-refractivity contribution < 1.29 is 27.2 Å². The summed E-state index contributed by atoms with van der Waals surface area (Å²) in [5.41, 5.74) is -0.688. The van der Waals surface area contributed by atoms with Crippen LogP contribution in [-0.4, -0.2) is 31.6 Å². The lowest BCUT2D eigenvalue weighted by Gasteiger charge is -2.15. The number of pyridine rings is 1. The molecule has 0 radical (unpaired) electrons. The summed E-state index contributed by atoms with van der Waals surface area (Å²) in [5.74, 6) is -1.16. The van der Waals surface area contributed by atoms with Gasteiger partial charge in [-0.25, -0.2) is 14.4 Å². The highest BCUT2D eigenvalue weighted by molar-refractivity contribution is 6.31. The summed E-state index contributed by atoms with van der Waals surface area (Å²) in [7, 11) is 0. The lowest BCUT2D eigenvalue weighted by molar-refractivity contribution is -0.137. The van der Waals surface area contributed by atoms with Crippen LogP contribution in [-0.2, 0) is 6.18 Å². The molecule has 2 aromatic heterocycles. The Bertz CT molecular complexity index is 1440. The Balaban J connectivity index is 1.47. The first-order valence-electron chi connectivity index (χ1n) is 10.6. The predicted molar refractivity (Wildman–Crippen MR) is 126 cm³/mol. The Morgan fingerprint density at radius 2 is 1.70 bits per heavy atom. The topological polar surface area (TPSA) is 102 Å². The molecule has 0 spiro atoms. The van der Waals surface area contributed by atoms with E-state index in [4.69, 9.17) is 11.6 Å². The fraction of sp³-hybridized carbons (Fsp3) is 0.125. The van der Waals surface area contributed by atoms with Gasteiger partial charge in [0, 0.05) is 16.1 Å². The van der Waals surface area contributed by atoms with Gasteiger partial charge in [0.15, 0.2) is 11.6 Å². The number of aromatic nitrogens is 4. The molecular weight excluding hydrogens is 516 g/mol. The average molecular weight is 533 g/mol. The van der Waals surface area contributed by atoms with E-state index in [0.717, 1.165) is 12.1 Å². The summed E-state index contributed by atoms with van der Waals surface area (Å²) in [6, 6.07) is 9.92. The van der Waals surface area contributed by atoms with E-state index in [1.807, 2.05) is 0 Å².